The number of thiophene rings is 1. The van der Waals surface area contributed by atoms with Gasteiger partial charge in [-0.2, -0.15) is 0 Å². The lowest BCUT2D eigenvalue weighted by Gasteiger charge is -2.34. The Kier molecular flexibility index (Phi) is 4.81. The lowest BCUT2D eigenvalue weighted by atomic mass is 10.2. The summed E-state index contributed by atoms with van der Waals surface area (Å²) in [7, 11) is 0. The zero-order valence-electron chi connectivity index (χ0n) is 14.0. The van der Waals surface area contributed by atoms with E-state index < -0.39 is 0 Å². The topological polar surface area (TPSA) is 53.5 Å². The van der Waals surface area contributed by atoms with Crippen LogP contribution in [-0.4, -0.2) is 52.8 Å². The van der Waals surface area contributed by atoms with Crippen molar-refractivity contribution in [3.8, 4) is 10.6 Å². The van der Waals surface area contributed by atoms with Gasteiger partial charge in [0, 0.05) is 37.1 Å². The minimum absolute atomic E-state index is 0.0483. The molecule has 4 rings (SSSR count). The van der Waals surface area contributed by atoms with Gasteiger partial charge in [-0.15, -0.1) is 22.7 Å². The van der Waals surface area contributed by atoms with Crippen molar-refractivity contribution in [1.29, 1.82) is 0 Å². The van der Waals surface area contributed by atoms with Gasteiger partial charge in [-0.1, -0.05) is 36.4 Å². The molecule has 1 aromatic carbocycles. The van der Waals surface area contributed by atoms with Crippen molar-refractivity contribution in [3.63, 3.8) is 0 Å². The zero-order chi connectivity index (χ0) is 17.9. The van der Waals surface area contributed by atoms with Gasteiger partial charge < -0.3 is 9.80 Å². The average Bonchev–Trinajstić information content (AvgIpc) is 3.40. The second kappa shape index (κ2) is 7.39. The lowest BCUT2D eigenvalue weighted by molar-refractivity contribution is 0.0535. The summed E-state index contributed by atoms with van der Waals surface area (Å²) in [6.45, 7) is 2.18. The van der Waals surface area contributed by atoms with Gasteiger partial charge in [0.05, 0.1) is 4.88 Å². The number of hydrogen-bond acceptors (Lipinski definition) is 5. The van der Waals surface area contributed by atoms with Crippen LogP contribution in [0, 0.1) is 0 Å². The maximum Gasteiger partial charge on any atom is 0.273 e. The third-order valence-electron chi connectivity index (χ3n) is 4.33. The van der Waals surface area contributed by atoms with Crippen molar-refractivity contribution >= 4 is 34.5 Å². The molecule has 0 bridgehead atoms. The molecule has 2 amide bonds. The number of carbonyl (C=O) groups excluding carboxylic acids is 2. The Bertz CT molecular complexity index is 898. The molecule has 0 unspecified atom stereocenters. The molecule has 26 heavy (non-hydrogen) atoms. The summed E-state index contributed by atoms with van der Waals surface area (Å²) < 4.78 is 0. The molecule has 0 N–H and O–H groups in total. The monoisotopic (exact) mass is 383 g/mol. The van der Waals surface area contributed by atoms with Gasteiger partial charge in [0.25, 0.3) is 11.8 Å². The average molecular weight is 383 g/mol. The summed E-state index contributed by atoms with van der Waals surface area (Å²) in [4.78, 5) is 33.9. The predicted octanol–water partition coefficient (Wildman–Crippen LogP) is 3.47. The molecule has 7 heteroatoms. The summed E-state index contributed by atoms with van der Waals surface area (Å²) in [5, 5.41) is 4.56. The van der Waals surface area contributed by atoms with Crippen molar-refractivity contribution in [2.24, 2.45) is 0 Å². The fraction of sp³-hybridized carbons (Fsp3) is 0.211. The van der Waals surface area contributed by atoms with Crippen LogP contribution in [0.4, 0.5) is 0 Å². The third-order valence-corrected chi connectivity index (χ3v) is 6.08. The van der Waals surface area contributed by atoms with E-state index in [0.29, 0.717) is 31.9 Å². The molecule has 2 aromatic heterocycles. The molecular formula is C19H17N3O2S2. The number of thiazole rings is 1. The molecule has 1 aliphatic heterocycles. The maximum atomic E-state index is 12.7. The fourth-order valence-electron chi connectivity index (χ4n) is 2.92. The molecule has 0 spiro atoms. The zero-order valence-corrected chi connectivity index (χ0v) is 15.6. The molecule has 3 aromatic rings. The molecule has 1 saturated heterocycles. The number of hydrogen-bond donors (Lipinski definition) is 0. The van der Waals surface area contributed by atoms with Crippen LogP contribution < -0.4 is 0 Å². The maximum absolute atomic E-state index is 12.7. The first-order chi connectivity index (χ1) is 12.7. The van der Waals surface area contributed by atoms with E-state index in [9.17, 15) is 9.59 Å². The minimum atomic E-state index is -0.0633. The van der Waals surface area contributed by atoms with Gasteiger partial charge in [-0.3, -0.25) is 9.59 Å². The van der Waals surface area contributed by atoms with Crippen molar-refractivity contribution in [2.45, 2.75) is 0 Å². The van der Waals surface area contributed by atoms with E-state index in [2.05, 4.69) is 4.98 Å². The van der Waals surface area contributed by atoms with E-state index in [1.807, 2.05) is 58.1 Å². The van der Waals surface area contributed by atoms with Crippen molar-refractivity contribution in [3.05, 3.63) is 63.8 Å². The van der Waals surface area contributed by atoms with Gasteiger partial charge in [0.15, 0.2) is 0 Å². The van der Waals surface area contributed by atoms with Crippen LogP contribution in [0.15, 0.2) is 53.2 Å². The van der Waals surface area contributed by atoms with E-state index >= 15 is 0 Å². The van der Waals surface area contributed by atoms with Crippen LogP contribution in [0.5, 0.6) is 0 Å². The standard InChI is InChI=1S/C19H17N3O2S2/c23-18(15-13-26-17(20-15)14-5-2-1-3-6-14)21-8-10-22(11-9-21)19(24)16-7-4-12-25-16/h1-7,12-13H,8-11H2. The first-order valence-corrected chi connectivity index (χ1v) is 10.1. The van der Waals surface area contributed by atoms with E-state index in [1.165, 1.54) is 22.7 Å². The van der Waals surface area contributed by atoms with Gasteiger partial charge in [-0.25, -0.2) is 4.98 Å². The van der Waals surface area contributed by atoms with Crippen LogP contribution in [0.3, 0.4) is 0 Å². The molecule has 5 nitrogen and oxygen atoms in total. The van der Waals surface area contributed by atoms with Gasteiger partial charge >= 0.3 is 0 Å². The lowest BCUT2D eigenvalue weighted by Crippen LogP contribution is -2.50. The van der Waals surface area contributed by atoms with Crippen LogP contribution >= 0.6 is 22.7 Å². The number of carbonyl (C=O) groups is 2. The first-order valence-electron chi connectivity index (χ1n) is 8.35. The number of piperazine rings is 1. The van der Waals surface area contributed by atoms with Crippen molar-refractivity contribution in [1.82, 2.24) is 14.8 Å². The SMILES string of the molecule is O=C(c1csc(-c2ccccc2)n1)N1CCN(C(=O)c2cccs2)CC1. The summed E-state index contributed by atoms with van der Waals surface area (Å²) in [5.74, 6) is -0.0150. The Morgan fingerprint density at radius 1 is 0.846 bits per heavy atom. The molecule has 132 valence electrons. The fourth-order valence-corrected chi connectivity index (χ4v) is 4.41. The summed E-state index contributed by atoms with van der Waals surface area (Å²) in [6.07, 6.45) is 0. The number of benzene rings is 1. The highest BCUT2D eigenvalue weighted by atomic mass is 32.1. The summed E-state index contributed by atoms with van der Waals surface area (Å²) >= 11 is 2.93. The minimum Gasteiger partial charge on any atom is -0.334 e. The Morgan fingerprint density at radius 2 is 1.54 bits per heavy atom. The third kappa shape index (κ3) is 3.40. The van der Waals surface area contributed by atoms with E-state index in [4.69, 9.17) is 0 Å². The Balaban J connectivity index is 1.40. The molecule has 0 saturated carbocycles. The number of rotatable bonds is 3. The van der Waals surface area contributed by atoms with Crippen LogP contribution in [0.2, 0.25) is 0 Å². The van der Waals surface area contributed by atoms with Crippen molar-refractivity contribution < 1.29 is 9.59 Å². The van der Waals surface area contributed by atoms with Crippen LogP contribution in [0.1, 0.15) is 20.2 Å². The second-order valence-corrected chi connectivity index (χ2v) is 7.77. The number of aromatic nitrogens is 1. The Labute approximate surface area is 159 Å². The predicted molar refractivity (Wildman–Crippen MR) is 104 cm³/mol. The van der Waals surface area contributed by atoms with Crippen LogP contribution in [0.25, 0.3) is 10.6 Å². The molecular weight excluding hydrogens is 366 g/mol. The van der Waals surface area contributed by atoms with Gasteiger partial charge in [0.2, 0.25) is 0 Å². The van der Waals surface area contributed by atoms with Crippen LogP contribution in [-0.2, 0) is 0 Å². The van der Waals surface area contributed by atoms with Crippen molar-refractivity contribution in [2.75, 3.05) is 26.2 Å². The molecule has 1 fully saturated rings. The smallest absolute Gasteiger partial charge is 0.273 e. The Hall–Kier alpha value is -2.51. The molecule has 1 aliphatic rings. The molecule has 0 atom stereocenters. The highest BCUT2D eigenvalue weighted by Gasteiger charge is 2.27. The summed E-state index contributed by atoms with van der Waals surface area (Å²) in [5.41, 5.74) is 1.50. The van der Waals surface area contributed by atoms with Gasteiger partial charge in [0.1, 0.15) is 10.7 Å². The highest BCUT2D eigenvalue weighted by molar-refractivity contribution is 7.13. The molecule has 0 radical (unpaired) electrons. The Morgan fingerprint density at radius 3 is 2.19 bits per heavy atom. The first kappa shape index (κ1) is 16.9. The quantitative estimate of drug-likeness (QED) is 0.696. The molecule has 3 heterocycles. The second-order valence-electron chi connectivity index (χ2n) is 5.97. The number of nitrogens with zero attached hydrogens (tertiary/aromatic N) is 3. The van der Waals surface area contributed by atoms with E-state index in [0.717, 1.165) is 15.4 Å². The van der Waals surface area contributed by atoms with E-state index in [1.54, 1.807) is 4.90 Å². The normalized spacial score (nSPS) is 14.5. The molecule has 0 aliphatic carbocycles. The summed E-state index contributed by atoms with van der Waals surface area (Å²) in [6, 6.07) is 13.6. The van der Waals surface area contributed by atoms with Gasteiger partial charge in [-0.05, 0) is 11.4 Å². The largest absolute Gasteiger partial charge is 0.334 e. The van der Waals surface area contributed by atoms with E-state index in [-0.39, 0.29) is 11.8 Å². The highest BCUT2D eigenvalue weighted by Crippen LogP contribution is 2.24. The number of amides is 2.